The molecule has 25 heavy (non-hydrogen) atoms. The van der Waals surface area contributed by atoms with Crippen molar-refractivity contribution >= 4 is 11.8 Å². The van der Waals surface area contributed by atoms with Crippen molar-refractivity contribution in [1.29, 1.82) is 0 Å². The van der Waals surface area contributed by atoms with Crippen LogP contribution in [-0.2, 0) is 4.74 Å². The molecule has 3 heterocycles. The highest BCUT2D eigenvalue weighted by Crippen LogP contribution is 2.21. The molecule has 2 aliphatic rings. The van der Waals surface area contributed by atoms with Gasteiger partial charge in [-0.25, -0.2) is 0 Å². The summed E-state index contributed by atoms with van der Waals surface area (Å²) in [5.41, 5.74) is 0.825. The monoisotopic (exact) mass is 345 g/mol. The Kier molecular flexibility index (Phi) is 6.02. The summed E-state index contributed by atoms with van der Waals surface area (Å²) in [6.07, 6.45) is 7.86. The third-order valence-corrected chi connectivity index (χ3v) is 5.11. The maximum absolute atomic E-state index is 12.8. The van der Waals surface area contributed by atoms with Crippen LogP contribution < -0.4 is 5.32 Å². The summed E-state index contributed by atoms with van der Waals surface area (Å²) in [6.45, 7) is 4.16. The average molecular weight is 345 g/mol. The first kappa shape index (κ1) is 17.9. The lowest BCUT2D eigenvalue weighted by molar-refractivity contribution is 0.0602. The molecule has 0 radical (unpaired) electrons. The quantitative estimate of drug-likeness (QED) is 0.889. The maximum atomic E-state index is 12.8. The van der Waals surface area contributed by atoms with Crippen molar-refractivity contribution in [3.8, 4) is 0 Å². The van der Waals surface area contributed by atoms with Gasteiger partial charge in [-0.3, -0.25) is 14.6 Å². The molecule has 1 aromatic heterocycles. The lowest BCUT2D eigenvalue weighted by Crippen LogP contribution is -2.43. The summed E-state index contributed by atoms with van der Waals surface area (Å²) in [6, 6.07) is 3.53. The van der Waals surface area contributed by atoms with E-state index < -0.39 is 0 Å². The number of aromatic nitrogens is 1. The third kappa shape index (κ3) is 4.37. The molecule has 2 amide bonds. The third-order valence-electron chi connectivity index (χ3n) is 5.11. The second-order valence-corrected chi connectivity index (χ2v) is 6.83. The number of nitrogens with zero attached hydrogens (tertiary/aromatic N) is 2. The number of ether oxygens (including phenoxy) is 1. The second-order valence-electron chi connectivity index (χ2n) is 6.83. The van der Waals surface area contributed by atoms with E-state index in [-0.39, 0.29) is 24.0 Å². The van der Waals surface area contributed by atoms with E-state index in [0.29, 0.717) is 17.8 Å². The molecule has 0 aliphatic carbocycles. The Labute approximate surface area is 148 Å². The zero-order valence-electron chi connectivity index (χ0n) is 14.9. The lowest BCUT2D eigenvalue weighted by Gasteiger charge is -2.35. The maximum Gasteiger partial charge on any atom is 0.272 e. The summed E-state index contributed by atoms with van der Waals surface area (Å²) < 4.78 is 5.52. The van der Waals surface area contributed by atoms with Gasteiger partial charge >= 0.3 is 0 Å². The van der Waals surface area contributed by atoms with Gasteiger partial charge in [0.2, 0.25) is 0 Å². The van der Waals surface area contributed by atoms with Crippen molar-refractivity contribution < 1.29 is 14.3 Å². The fraction of sp³-hybridized carbons (Fsp3) is 0.632. The standard InChI is InChI=1S/C19H27N3O3/c1-2-15-6-3-4-10-22(15)19(24)17-12-14(8-9-20-17)18(23)21-13-16-7-5-11-25-16/h8-9,12,15-16H,2-7,10-11,13H2,1H3,(H,21,23). The smallest absolute Gasteiger partial charge is 0.272 e. The predicted octanol–water partition coefficient (Wildman–Crippen LogP) is 2.40. The van der Waals surface area contributed by atoms with Crippen LogP contribution in [0.25, 0.3) is 0 Å². The van der Waals surface area contributed by atoms with Crippen molar-refractivity contribution in [2.75, 3.05) is 19.7 Å². The molecule has 1 aromatic rings. The summed E-state index contributed by atoms with van der Waals surface area (Å²) in [5, 5.41) is 2.89. The lowest BCUT2D eigenvalue weighted by atomic mass is 9.99. The zero-order valence-corrected chi connectivity index (χ0v) is 14.9. The minimum absolute atomic E-state index is 0.0691. The molecule has 1 N–H and O–H groups in total. The van der Waals surface area contributed by atoms with Gasteiger partial charge in [-0.2, -0.15) is 0 Å². The largest absolute Gasteiger partial charge is 0.376 e. The van der Waals surface area contributed by atoms with Crippen molar-refractivity contribution in [1.82, 2.24) is 15.2 Å². The van der Waals surface area contributed by atoms with E-state index in [1.807, 2.05) is 4.90 Å². The number of nitrogens with one attached hydrogen (secondary N) is 1. The van der Waals surface area contributed by atoms with Gasteiger partial charge in [0.25, 0.3) is 11.8 Å². The van der Waals surface area contributed by atoms with Gasteiger partial charge in [0, 0.05) is 37.5 Å². The molecule has 6 heteroatoms. The minimum Gasteiger partial charge on any atom is -0.376 e. The first-order valence-corrected chi connectivity index (χ1v) is 9.36. The Balaban J connectivity index is 1.65. The van der Waals surface area contributed by atoms with E-state index in [2.05, 4.69) is 17.2 Å². The molecule has 0 bridgehead atoms. The molecule has 2 saturated heterocycles. The number of pyridine rings is 1. The van der Waals surface area contributed by atoms with Crippen molar-refractivity contribution in [3.05, 3.63) is 29.6 Å². The summed E-state index contributed by atoms with van der Waals surface area (Å²) >= 11 is 0. The van der Waals surface area contributed by atoms with Crippen LogP contribution in [0.3, 0.4) is 0 Å². The van der Waals surface area contributed by atoms with Crippen LogP contribution >= 0.6 is 0 Å². The Hall–Kier alpha value is -1.95. The molecule has 136 valence electrons. The van der Waals surface area contributed by atoms with Crippen LogP contribution in [0.1, 0.15) is 66.3 Å². The van der Waals surface area contributed by atoms with E-state index in [4.69, 9.17) is 4.74 Å². The van der Waals surface area contributed by atoms with Crippen LogP contribution in [0.15, 0.2) is 18.3 Å². The first-order valence-electron chi connectivity index (χ1n) is 9.36. The molecule has 0 spiro atoms. The van der Waals surface area contributed by atoms with Crippen molar-refractivity contribution in [2.45, 2.75) is 57.6 Å². The predicted molar refractivity (Wildman–Crippen MR) is 94.5 cm³/mol. The molecule has 2 aliphatic heterocycles. The molecule has 3 rings (SSSR count). The molecule has 2 atom stereocenters. The number of hydrogen-bond acceptors (Lipinski definition) is 4. The Morgan fingerprint density at radius 1 is 1.32 bits per heavy atom. The van der Waals surface area contributed by atoms with Gasteiger partial charge in [-0.1, -0.05) is 6.92 Å². The first-order chi connectivity index (χ1) is 12.2. The number of likely N-dealkylation sites (tertiary alicyclic amines) is 1. The van der Waals surface area contributed by atoms with Gasteiger partial charge in [-0.15, -0.1) is 0 Å². The summed E-state index contributed by atoms with van der Waals surface area (Å²) in [5.74, 6) is -0.252. The number of carbonyl (C=O) groups is 2. The topological polar surface area (TPSA) is 71.5 Å². The van der Waals surface area contributed by atoms with Gasteiger partial charge < -0.3 is 15.0 Å². The fourth-order valence-electron chi connectivity index (χ4n) is 3.64. The van der Waals surface area contributed by atoms with Gasteiger partial charge in [0.15, 0.2) is 0 Å². The molecular weight excluding hydrogens is 318 g/mol. The summed E-state index contributed by atoms with van der Waals surface area (Å²) in [7, 11) is 0. The highest BCUT2D eigenvalue weighted by atomic mass is 16.5. The second kappa shape index (κ2) is 8.43. The highest BCUT2D eigenvalue weighted by molar-refractivity contribution is 5.98. The van der Waals surface area contributed by atoms with Gasteiger partial charge in [0.05, 0.1) is 6.10 Å². The number of hydrogen-bond donors (Lipinski definition) is 1. The normalized spacial score (nSPS) is 23.5. The number of carbonyl (C=O) groups excluding carboxylic acids is 2. The average Bonchev–Trinajstić information content (AvgIpc) is 3.19. The summed E-state index contributed by atoms with van der Waals surface area (Å²) in [4.78, 5) is 31.3. The minimum atomic E-state index is -0.183. The fourth-order valence-corrected chi connectivity index (χ4v) is 3.64. The van der Waals surface area contributed by atoms with E-state index in [1.165, 1.54) is 6.42 Å². The number of piperidine rings is 1. The van der Waals surface area contributed by atoms with Crippen LogP contribution in [0, 0.1) is 0 Å². The zero-order chi connectivity index (χ0) is 17.6. The van der Waals surface area contributed by atoms with E-state index in [1.54, 1.807) is 18.3 Å². The molecule has 0 saturated carbocycles. The molecule has 0 aromatic carbocycles. The van der Waals surface area contributed by atoms with Crippen LogP contribution in [-0.4, -0.2) is 53.5 Å². The van der Waals surface area contributed by atoms with Crippen molar-refractivity contribution in [3.63, 3.8) is 0 Å². The number of amides is 2. The van der Waals surface area contributed by atoms with E-state index in [9.17, 15) is 9.59 Å². The Morgan fingerprint density at radius 2 is 2.20 bits per heavy atom. The van der Waals surface area contributed by atoms with Gasteiger partial charge in [-0.05, 0) is 50.7 Å². The SMILES string of the molecule is CCC1CCCCN1C(=O)c1cc(C(=O)NCC2CCCO2)ccn1. The molecule has 2 fully saturated rings. The Morgan fingerprint density at radius 3 is 2.96 bits per heavy atom. The molecule has 2 unspecified atom stereocenters. The molecular formula is C19H27N3O3. The van der Waals surface area contributed by atoms with Crippen LogP contribution in [0.2, 0.25) is 0 Å². The Bertz CT molecular complexity index is 614. The van der Waals surface area contributed by atoms with E-state index in [0.717, 1.165) is 45.3 Å². The van der Waals surface area contributed by atoms with E-state index >= 15 is 0 Å². The molecule has 6 nitrogen and oxygen atoms in total. The highest BCUT2D eigenvalue weighted by Gasteiger charge is 2.27. The van der Waals surface area contributed by atoms with Crippen molar-refractivity contribution in [2.24, 2.45) is 0 Å². The van der Waals surface area contributed by atoms with Crippen LogP contribution in [0.4, 0.5) is 0 Å². The van der Waals surface area contributed by atoms with Crippen LogP contribution in [0.5, 0.6) is 0 Å². The van der Waals surface area contributed by atoms with Gasteiger partial charge in [0.1, 0.15) is 5.69 Å². The number of rotatable bonds is 5.